The van der Waals surface area contributed by atoms with Gasteiger partial charge < -0.3 is 23.6 Å². The lowest BCUT2D eigenvalue weighted by molar-refractivity contribution is -0.121. The molecule has 7 nitrogen and oxygen atoms in total. The van der Waals surface area contributed by atoms with Crippen LogP contribution >= 0.6 is 0 Å². The average Bonchev–Trinajstić information content (AvgIpc) is 3.45. The van der Waals surface area contributed by atoms with Gasteiger partial charge in [0.1, 0.15) is 22.9 Å². The van der Waals surface area contributed by atoms with E-state index in [-0.39, 0.29) is 18.2 Å². The molecule has 0 aliphatic rings. The van der Waals surface area contributed by atoms with E-state index in [1.54, 1.807) is 26.5 Å². The summed E-state index contributed by atoms with van der Waals surface area (Å²) in [6, 6.07) is 13.4. The summed E-state index contributed by atoms with van der Waals surface area (Å²) in [5.41, 5.74) is 3.79. The zero-order chi connectivity index (χ0) is 21.8. The maximum atomic E-state index is 12.9. The SMILES string of the molecule is COc1cc(OC)cc(C(CC(=O)NCc2ccco2)c2cnc3cc(C)ccn23)c1. The summed E-state index contributed by atoms with van der Waals surface area (Å²) in [5, 5.41) is 2.94. The molecule has 0 spiro atoms. The monoisotopic (exact) mass is 419 g/mol. The van der Waals surface area contributed by atoms with Crippen LogP contribution in [0.25, 0.3) is 5.65 Å². The normalized spacial score (nSPS) is 12.0. The second kappa shape index (κ2) is 8.95. The van der Waals surface area contributed by atoms with Gasteiger partial charge >= 0.3 is 0 Å². The van der Waals surface area contributed by atoms with Gasteiger partial charge in [-0.2, -0.15) is 0 Å². The zero-order valence-corrected chi connectivity index (χ0v) is 17.8. The smallest absolute Gasteiger partial charge is 0.221 e. The third-order valence-electron chi connectivity index (χ3n) is 5.26. The summed E-state index contributed by atoms with van der Waals surface area (Å²) in [6.07, 6.45) is 5.63. The second-order valence-corrected chi connectivity index (χ2v) is 7.37. The first-order chi connectivity index (χ1) is 15.1. The van der Waals surface area contributed by atoms with Crippen LogP contribution in [-0.4, -0.2) is 29.5 Å². The molecule has 1 amide bonds. The van der Waals surface area contributed by atoms with E-state index in [1.807, 2.05) is 60.1 Å². The molecule has 1 N–H and O–H groups in total. The Morgan fingerprint density at radius 2 is 1.94 bits per heavy atom. The van der Waals surface area contributed by atoms with Gasteiger partial charge in [-0.1, -0.05) is 0 Å². The van der Waals surface area contributed by atoms with Gasteiger partial charge in [0.05, 0.1) is 32.7 Å². The van der Waals surface area contributed by atoms with E-state index in [4.69, 9.17) is 13.9 Å². The van der Waals surface area contributed by atoms with Crippen molar-refractivity contribution in [3.8, 4) is 11.5 Å². The van der Waals surface area contributed by atoms with Crippen LogP contribution in [0.5, 0.6) is 11.5 Å². The molecule has 0 radical (unpaired) electrons. The highest BCUT2D eigenvalue weighted by atomic mass is 16.5. The minimum absolute atomic E-state index is 0.0924. The van der Waals surface area contributed by atoms with E-state index >= 15 is 0 Å². The summed E-state index contributed by atoms with van der Waals surface area (Å²) in [7, 11) is 3.22. The van der Waals surface area contributed by atoms with Gasteiger partial charge in [-0.15, -0.1) is 0 Å². The van der Waals surface area contributed by atoms with E-state index in [0.717, 1.165) is 22.5 Å². The first-order valence-electron chi connectivity index (χ1n) is 10.0. The molecule has 7 heteroatoms. The number of imidazole rings is 1. The van der Waals surface area contributed by atoms with Crippen LogP contribution in [0.3, 0.4) is 0 Å². The van der Waals surface area contributed by atoms with Gasteiger partial charge in [-0.3, -0.25) is 4.79 Å². The van der Waals surface area contributed by atoms with E-state index in [9.17, 15) is 4.79 Å². The van der Waals surface area contributed by atoms with Gasteiger partial charge in [-0.25, -0.2) is 4.98 Å². The van der Waals surface area contributed by atoms with Crippen molar-refractivity contribution < 1.29 is 18.7 Å². The maximum Gasteiger partial charge on any atom is 0.221 e. The van der Waals surface area contributed by atoms with E-state index in [2.05, 4.69) is 10.3 Å². The molecule has 0 bridgehead atoms. The molecule has 0 saturated carbocycles. The number of carbonyl (C=O) groups excluding carboxylic acids is 1. The van der Waals surface area contributed by atoms with Crippen LogP contribution in [0, 0.1) is 6.92 Å². The Balaban J connectivity index is 1.70. The maximum absolute atomic E-state index is 12.9. The fraction of sp³-hybridized carbons (Fsp3) is 0.250. The summed E-state index contributed by atoms with van der Waals surface area (Å²) < 4.78 is 18.2. The molecule has 4 rings (SSSR count). The Labute approximate surface area is 180 Å². The number of hydrogen-bond donors (Lipinski definition) is 1. The molecule has 0 aliphatic heterocycles. The van der Waals surface area contributed by atoms with E-state index < -0.39 is 0 Å². The number of benzene rings is 1. The summed E-state index contributed by atoms with van der Waals surface area (Å²) in [5.74, 6) is 1.70. The average molecular weight is 419 g/mol. The number of nitrogens with one attached hydrogen (secondary N) is 1. The Morgan fingerprint density at radius 1 is 1.16 bits per heavy atom. The molecule has 1 atom stereocenters. The number of ether oxygens (including phenoxy) is 2. The molecular weight excluding hydrogens is 394 g/mol. The summed E-state index contributed by atoms with van der Waals surface area (Å²) in [6.45, 7) is 2.37. The molecule has 31 heavy (non-hydrogen) atoms. The first kappa shape index (κ1) is 20.5. The quantitative estimate of drug-likeness (QED) is 0.465. The molecule has 0 saturated heterocycles. The molecule has 3 heterocycles. The molecule has 160 valence electrons. The van der Waals surface area contributed by atoms with Crippen LogP contribution in [0.4, 0.5) is 0 Å². The molecule has 0 aliphatic carbocycles. The number of nitrogens with zero attached hydrogens (tertiary/aromatic N) is 2. The van der Waals surface area contributed by atoms with Crippen molar-refractivity contribution in [3.63, 3.8) is 0 Å². The van der Waals surface area contributed by atoms with Crippen molar-refractivity contribution in [1.82, 2.24) is 14.7 Å². The third-order valence-corrected chi connectivity index (χ3v) is 5.26. The fourth-order valence-electron chi connectivity index (χ4n) is 3.64. The Morgan fingerprint density at radius 3 is 2.61 bits per heavy atom. The van der Waals surface area contributed by atoms with Crippen molar-refractivity contribution >= 4 is 11.6 Å². The third kappa shape index (κ3) is 4.55. The number of pyridine rings is 1. The van der Waals surface area contributed by atoms with Crippen molar-refractivity contribution in [2.24, 2.45) is 0 Å². The summed E-state index contributed by atoms with van der Waals surface area (Å²) >= 11 is 0. The standard InChI is InChI=1S/C24H25N3O4/c1-16-6-7-27-22(15-25-23(27)9-16)21(13-24(28)26-14-18-5-4-8-31-18)17-10-19(29-2)12-20(11-17)30-3/h4-12,15,21H,13-14H2,1-3H3,(H,26,28). The van der Waals surface area contributed by atoms with Gasteiger partial charge in [-0.05, 0) is 54.4 Å². The highest BCUT2D eigenvalue weighted by Gasteiger charge is 2.23. The first-order valence-corrected chi connectivity index (χ1v) is 10.0. The Kier molecular flexibility index (Phi) is 5.93. The van der Waals surface area contributed by atoms with Crippen LogP contribution < -0.4 is 14.8 Å². The van der Waals surface area contributed by atoms with E-state index in [1.165, 1.54) is 0 Å². The fourth-order valence-corrected chi connectivity index (χ4v) is 3.64. The minimum atomic E-state index is -0.252. The lowest BCUT2D eigenvalue weighted by Gasteiger charge is -2.19. The number of amides is 1. The molecule has 0 fully saturated rings. The molecular formula is C24H25N3O4. The van der Waals surface area contributed by atoms with Crippen LogP contribution in [0.1, 0.15) is 34.9 Å². The number of fused-ring (bicyclic) bond motifs is 1. The number of carbonyl (C=O) groups is 1. The largest absolute Gasteiger partial charge is 0.497 e. The van der Waals surface area contributed by atoms with Crippen LogP contribution in [0.15, 0.2) is 65.5 Å². The van der Waals surface area contributed by atoms with Gasteiger partial charge in [0.15, 0.2) is 0 Å². The highest BCUT2D eigenvalue weighted by molar-refractivity contribution is 5.77. The number of aryl methyl sites for hydroxylation is 1. The number of methoxy groups -OCH3 is 2. The highest BCUT2D eigenvalue weighted by Crippen LogP contribution is 2.34. The lowest BCUT2D eigenvalue weighted by atomic mass is 9.91. The van der Waals surface area contributed by atoms with E-state index in [0.29, 0.717) is 23.8 Å². The van der Waals surface area contributed by atoms with Crippen molar-refractivity contribution in [2.75, 3.05) is 14.2 Å². The molecule has 3 aromatic heterocycles. The zero-order valence-electron chi connectivity index (χ0n) is 17.8. The number of rotatable bonds is 8. The lowest BCUT2D eigenvalue weighted by Crippen LogP contribution is -2.25. The number of hydrogen-bond acceptors (Lipinski definition) is 5. The number of aromatic nitrogens is 2. The predicted octanol–water partition coefficient (Wildman–Crippen LogP) is 4.09. The topological polar surface area (TPSA) is 78.0 Å². The number of furan rings is 1. The summed E-state index contributed by atoms with van der Waals surface area (Å²) in [4.78, 5) is 17.4. The van der Waals surface area contributed by atoms with Gasteiger partial charge in [0.2, 0.25) is 5.91 Å². The van der Waals surface area contributed by atoms with Crippen molar-refractivity contribution in [3.05, 3.63) is 83.7 Å². The van der Waals surface area contributed by atoms with Crippen molar-refractivity contribution in [1.29, 1.82) is 0 Å². The minimum Gasteiger partial charge on any atom is -0.497 e. The molecule has 4 aromatic rings. The van der Waals surface area contributed by atoms with Crippen molar-refractivity contribution in [2.45, 2.75) is 25.8 Å². The van der Waals surface area contributed by atoms with Gasteiger partial charge in [0.25, 0.3) is 0 Å². The van der Waals surface area contributed by atoms with Crippen LogP contribution in [-0.2, 0) is 11.3 Å². The predicted molar refractivity (Wildman–Crippen MR) is 116 cm³/mol. The molecule has 1 aromatic carbocycles. The van der Waals surface area contributed by atoms with Gasteiger partial charge in [0, 0.05) is 30.8 Å². The van der Waals surface area contributed by atoms with Crippen LogP contribution in [0.2, 0.25) is 0 Å². The Bertz CT molecular complexity index is 1160. The Hall–Kier alpha value is -3.74. The second-order valence-electron chi connectivity index (χ2n) is 7.37. The molecule has 1 unspecified atom stereocenters.